The zero-order valence-corrected chi connectivity index (χ0v) is 16.2. The smallest absolute Gasteiger partial charge is 0.242 e. The van der Waals surface area contributed by atoms with Crippen LogP contribution in [0.2, 0.25) is 0 Å². The van der Waals surface area contributed by atoms with Crippen molar-refractivity contribution in [3.63, 3.8) is 0 Å². The van der Waals surface area contributed by atoms with Gasteiger partial charge in [0.05, 0.1) is 0 Å². The van der Waals surface area contributed by atoms with Gasteiger partial charge in [-0.3, -0.25) is 9.59 Å². The van der Waals surface area contributed by atoms with Gasteiger partial charge in [0.25, 0.3) is 0 Å². The normalized spacial score (nSPS) is 22.5. The second kappa shape index (κ2) is 10.7. The maximum atomic E-state index is 12.5. The number of hydrogen-bond donors (Lipinski definition) is 2. The molecular formula is C19H37N3O2. The highest BCUT2D eigenvalue weighted by Crippen LogP contribution is 2.28. The third kappa shape index (κ3) is 6.80. The highest BCUT2D eigenvalue weighted by atomic mass is 16.2. The van der Waals surface area contributed by atoms with Crippen LogP contribution in [-0.4, -0.2) is 48.9 Å². The van der Waals surface area contributed by atoms with Crippen molar-refractivity contribution in [1.29, 1.82) is 0 Å². The second-order valence-corrected chi connectivity index (χ2v) is 7.50. The number of nitrogens with zero attached hydrogens (tertiary/aromatic N) is 1. The molecule has 1 rings (SSSR count). The van der Waals surface area contributed by atoms with Gasteiger partial charge in [0.15, 0.2) is 0 Å². The van der Waals surface area contributed by atoms with Crippen LogP contribution in [0.25, 0.3) is 0 Å². The topological polar surface area (TPSA) is 61.4 Å². The lowest BCUT2D eigenvalue weighted by molar-refractivity contribution is -0.132. The SMILES string of the molecule is CCN(CC)CCNC(=O)[C@H](NC(=O)C1CCC(C)CC1)C(C)C. The maximum Gasteiger partial charge on any atom is 0.242 e. The highest BCUT2D eigenvalue weighted by molar-refractivity contribution is 5.88. The van der Waals surface area contributed by atoms with Gasteiger partial charge < -0.3 is 15.5 Å². The Bertz CT molecular complexity index is 386. The average Bonchev–Trinajstić information content (AvgIpc) is 2.56. The lowest BCUT2D eigenvalue weighted by Crippen LogP contribution is -2.52. The van der Waals surface area contributed by atoms with E-state index >= 15 is 0 Å². The Morgan fingerprint density at radius 1 is 1.08 bits per heavy atom. The lowest BCUT2D eigenvalue weighted by atomic mass is 9.82. The molecule has 0 radical (unpaired) electrons. The molecule has 0 unspecified atom stereocenters. The van der Waals surface area contributed by atoms with E-state index in [1.165, 1.54) is 0 Å². The molecule has 1 aliphatic rings. The Labute approximate surface area is 147 Å². The Morgan fingerprint density at radius 3 is 2.17 bits per heavy atom. The lowest BCUT2D eigenvalue weighted by Gasteiger charge is -2.28. The molecule has 1 fully saturated rings. The molecule has 2 N–H and O–H groups in total. The fraction of sp³-hybridized carbons (Fsp3) is 0.895. The van der Waals surface area contributed by atoms with E-state index in [2.05, 4.69) is 36.3 Å². The summed E-state index contributed by atoms with van der Waals surface area (Å²) >= 11 is 0. The summed E-state index contributed by atoms with van der Waals surface area (Å²) in [5.74, 6) is 0.878. The fourth-order valence-electron chi connectivity index (χ4n) is 3.32. The van der Waals surface area contributed by atoms with E-state index in [1.54, 1.807) is 0 Å². The van der Waals surface area contributed by atoms with Crippen molar-refractivity contribution in [2.24, 2.45) is 17.8 Å². The first-order valence-corrected chi connectivity index (χ1v) is 9.69. The second-order valence-electron chi connectivity index (χ2n) is 7.50. The molecule has 0 spiro atoms. The van der Waals surface area contributed by atoms with Crippen LogP contribution in [0, 0.1) is 17.8 Å². The summed E-state index contributed by atoms with van der Waals surface area (Å²) in [6.45, 7) is 13.9. The maximum absolute atomic E-state index is 12.5. The van der Waals surface area contributed by atoms with Gasteiger partial charge in [-0.25, -0.2) is 0 Å². The number of rotatable bonds is 9. The summed E-state index contributed by atoms with van der Waals surface area (Å²) in [7, 11) is 0. The van der Waals surface area contributed by atoms with Crippen LogP contribution in [-0.2, 0) is 9.59 Å². The van der Waals surface area contributed by atoms with E-state index in [4.69, 9.17) is 0 Å². The van der Waals surface area contributed by atoms with E-state index in [9.17, 15) is 9.59 Å². The standard InChI is InChI=1S/C19H37N3O2/c1-6-22(7-2)13-12-20-19(24)17(14(3)4)21-18(23)16-10-8-15(5)9-11-16/h14-17H,6-13H2,1-5H3,(H,20,24)(H,21,23)/t15?,16?,17-/m1/s1. The van der Waals surface area contributed by atoms with Gasteiger partial charge in [-0.2, -0.15) is 0 Å². The number of hydrogen-bond acceptors (Lipinski definition) is 3. The summed E-state index contributed by atoms with van der Waals surface area (Å²) in [5, 5.41) is 5.99. The van der Waals surface area contributed by atoms with Gasteiger partial charge in [0.2, 0.25) is 11.8 Å². The van der Waals surface area contributed by atoms with Crippen molar-refractivity contribution < 1.29 is 9.59 Å². The predicted octanol–water partition coefficient (Wildman–Crippen LogP) is 2.41. The van der Waals surface area contributed by atoms with Gasteiger partial charge in [0, 0.05) is 19.0 Å². The van der Waals surface area contributed by atoms with Crippen LogP contribution in [0.4, 0.5) is 0 Å². The van der Waals surface area contributed by atoms with Crippen LogP contribution >= 0.6 is 0 Å². The van der Waals surface area contributed by atoms with Crippen LogP contribution < -0.4 is 10.6 Å². The molecule has 0 bridgehead atoms. The van der Waals surface area contributed by atoms with Gasteiger partial charge >= 0.3 is 0 Å². The molecule has 5 heteroatoms. The third-order valence-electron chi connectivity index (χ3n) is 5.26. The first kappa shape index (κ1) is 20.9. The summed E-state index contributed by atoms with van der Waals surface area (Å²) < 4.78 is 0. The minimum atomic E-state index is -0.437. The van der Waals surface area contributed by atoms with E-state index in [0.717, 1.165) is 51.2 Å². The molecule has 1 aliphatic carbocycles. The minimum absolute atomic E-state index is 0.0551. The number of amides is 2. The van der Waals surface area contributed by atoms with Crippen LogP contribution in [0.15, 0.2) is 0 Å². The molecule has 24 heavy (non-hydrogen) atoms. The van der Waals surface area contributed by atoms with Gasteiger partial charge in [-0.1, -0.05) is 34.6 Å². The molecule has 1 saturated carbocycles. The first-order valence-electron chi connectivity index (χ1n) is 9.69. The van der Waals surface area contributed by atoms with Crippen molar-refractivity contribution >= 4 is 11.8 Å². The predicted molar refractivity (Wildman–Crippen MR) is 98.7 cm³/mol. The number of carbonyl (C=O) groups excluding carboxylic acids is 2. The van der Waals surface area contributed by atoms with Crippen molar-refractivity contribution in [3.8, 4) is 0 Å². The molecule has 5 nitrogen and oxygen atoms in total. The Kier molecular flexibility index (Phi) is 9.34. The van der Waals surface area contributed by atoms with Gasteiger partial charge in [-0.15, -0.1) is 0 Å². The van der Waals surface area contributed by atoms with Crippen molar-refractivity contribution in [2.75, 3.05) is 26.2 Å². The van der Waals surface area contributed by atoms with E-state index in [1.807, 2.05) is 13.8 Å². The van der Waals surface area contributed by atoms with Crippen LogP contribution in [0.1, 0.15) is 60.3 Å². The minimum Gasteiger partial charge on any atom is -0.353 e. The highest BCUT2D eigenvalue weighted by Gasteiger charge is 2.29. The van der Waals surface area contributed by atoms with Crippen LogP contribution in [0.3, 0.4) is 0 Å². The molecule has 0 aromatic carbocycles. The van der Waals surface area contributed by atoms with Gasteiger partial charge in [-0.05, 0) is 50.6 Å². The third-order valence-corrected chi connectivity index (χ3v) is 5.26. The molecular weight excluding hydrogens is 302 g/mol. The number of nitrogens with one attached hydrogen (secondary N) is 2. The summed E-state index contributed by atoms with van der Waals surface area (Å²) in [6.07, 6.45) is 4.11. The first-order chi connectivity index (χ1) is 11.4. The zero-order chi connectivity index (χ0) is 18.1. The summed E-state index contributed by atoms with van der Waals surface area (Å²) in [5.41, 5.74) is 0. The quantitative estimate of drug-likeness (QED) is 0.678. The van der Waals surface area contributed by atoms with Crippen LogP contribution in [0.5, 0.6) is 0 Å². The Morgan fingerprint density at radius 2 is 1.67 bits per heavy atom. The summed E-state index contributed by atoms with van der Waals surface area (Å²) in [6, 6.07) is -0.437. The van der Waals surface area contributed by atoms with E-state index in [-0.39, 0.29) is 23.7 Å². The van der Waals surface area contributed by atoms with Crippen molar-refractivity contribution in [2.45, 2.75) is 66.3 Å². The van der Waals surface area contributed by atoms with E-state index in [0.29, 0.717) is 6.54 Å². The zero-order valence-electron chi connectivity index (χ0n) is 16.2. The summed E-state index contributed by atoms with van der Waals surface area (Å²) in [4.78, 5) is 27.2. The Hall–Kier alpha value is -1.10. The van der Waals surface area contributed by atoms with Crippen molar-refractivity contribution in [1.82, 2.24) is 15.5 Å². The average molecular weight is 340 g/mol. The molecule has 1 atom stereocenters. The monoisotopic (exact) mass is 339 g/mol. The molecule has 0 saturated heterocycles. The molecule has 0 aromatic heterocycles. The Balaban J connectivity index is 2.47. The number of carbonyl (C=O) groups is 2. The molecule has 2 amide bonds. The molecule has 140 valence electrons. The van der Waals surface area contributed by atoms with Gasteiger partial charge in [0.1, 0.15) is 6.04 Å². The van der Waals surface area contributed by atoms with Crippen molar-refractivity contribution in [3.05, 3.63) is 0 Å². The number of likely N-dealkylation sites (N-methyl/N-ethyl adjacent to an activating group) is 1. The molecule has 0 aliphatic heterocycles. The van der Waals surface area contributed by atoms with E-state index < -0.39 is 6.04 Å². The molecule has 0 aromatic rings. The molecule has 0 heterocycles. The largest absolute Gasteiger partial charge is 0.353 e. The fourth-order valence-corrected chi connectivity index (χ4v) is 3.32.